The smallest absolute Gasteiger partial charge is 0.251 e. The number of carbonyl (C=O) groups excluding carboxylic acids is 2. The summed E-state index contributed by atoms with van der Waals surface area (Å²) in [5.74, 6) is -0.227. The standard InChI is InChI=1S/C23H19N3O3/c1-23(2)17-8-13(22(28)25-14-10-29-11-14)4-6-15(17)20(27)19-16-5-3-12(9-24)7-18(16)26-21(19)23/h3-8,14,26H,10-11H2,1-2H3,(H,25,28). The second kappa shape index (κ2) is 6.03. The summed E-state index contributed by atoms with van der Waals surface area (Å²) in [6.45, 7) is 5.14. The van der Waals surface area contributed by atoms with Gasteiger partial charge in [0.15, 0.2) is 5.78 Å². The van der Waals surface area contributed by atoms with Crippen LogP contribution >= 0.6 is 0 Å². The lowest BCUT2D eigenvalue weighted by molar-refractivity contribution is -0.00346. The molecule has 0 bridgehead atoms. The Morgan fingerprint density at radius 3 is 2.72 bits per heavy atom. The van der Waals surface area contributed by atoms with Crippen molar-refractivity contribution in [3.8, 4) is 6.07 Å². The molecule has 0 radical (unpaired) electrons. The summed E-state index contributed by atoms with van der Waals surface area (Å²) in [5.41, 5.74) is 4.22. The number of aromatic nitrogens is 1. The number of nitrogens with one attached hydrogen (secondary N) is 2. The molecule has 1 aliphatic carbocycles. The highest BCUT2D eigenvalue weighted by atomic mass is 16.5. The van der Waals surface area contributed by atoms with Crippen LogP contribution in [0.2, 0.25) is 0 Å². The van der Waals surface area contributed by atoms with Gasteiger partial charge >= 0.3 is 0 Å². The lowest BCUT2D eigenvalue weighted by Gasteiger charge is -2.32. The van der Waals surface area contributed by atoms with Gasteiger partial charge in [-0.15, -0.1) is 0 Å². The number of hydrogen-bond acceptors (Lipinski definition) is 4. The second-order valence-corrected chi connectivity index (χ2v) is 8.17. The van der Waals surface area contributed by atoms with E-state index in [1.165, 1.54) is 0 Å². The lowest BCUT2D eigenvalue weighted by Crippen LogP contribution is -2.48. The number of fused-ring (bicyclic) bond motifs is 4. The van der Waals surface area contributed by atoms with E-state index in [0.29, 0.717) is 35.5 Å². The van der Waals surface area contributed by atoms with Gasteiger partial charge in [0.2, 0.25) is 0 Å². The third kappa shape index (κ3) is 2.51. The van der Waals surface area contributed by atoms with Crippen molar-refractivity contribution in [3.63, 3.8) is 0 Å². The molecule has 3 aromatic rings. The summed E-state index contributed by atoms with van der Waals surface area (Å²) in [6, 6.07) is 12.8. The lowest BCUT2D eigenvalue weighted by atomic mass is 9.71. The van der Waals surface area contributed by atoms with Gasteiger partial charge in [-0.2, -0.15) is 5.26 Å². The number of amides is 1. The zero-order valence-electron chi connectivity index (χ0n) is 16.1. The molecular formula is C23H19N3O3. The fraction of sp³-hybridized carbons (Fsp3) is 0.261. The van der Waals surface area contributed by atoms with E-state index in [1.54, 1.807) is 24.3 Å². The molecule has 6 heteroatoms. The highest BCUT2D eigenvalue weighted by molar-refractivity contribution is 6.20. The van der Waals surface area contributed by atoms with Crippen LogP contribution in [-0.4, -0.2) is 35.9 Å². The SMILES string of the molecule is CC1(C)c2cc(C(=O)NC3COC3)ccc2C(=O)c2c1[nH]c1cc(C#N)ccc21. The summed E-state index contributed by atoms with van der Waals surface area (Å²) in [5, 5.41) is 12.9. The van der Waals surface area contributed by atoms with Crippen LogP contribution in [0, 0.1) is 11.3 Å². The Labute approximate surface area is 167 Å². The van der Waals surface area contributed by atoms with E-state index < -0.39 is 5.41 Å². The largest absolute Gasteiger partial charge is 0.377 e. The summed E-state index contributed by atoms with van der Waals surface area (Å²) < 4.78 is 5.11. The van der Waals surface area contributed by atoms with Crippen molar-refractivity contribution in [2.75, 3.05) is 13.2 Å². The molecule has 29 heavy (non-hydrogen) atoms. The second-order valence-electron chi connectivity index (χ2n) is 8.17. The molecule has 0 unspecified atom stereocenters. The minimum absolute atomic E-state index is 0.0443. The first-order chi connectivity index (χ1) is 13.9. The average Bonchev–Trinajstić information content (AvgIpc) is 3.08. The van der Waals surface area contributed by atoms with Crippen LogP contribution in [0.15, 0.2) is 36.4 Å². The van der Waals surface area contributed by atoms with Gasteiger partial charge < -0.3 is 15.0 Å². The van der Waals surface area contributed by atoms with E-state index in [0.717, 1.165) is 22.2 Å². The number of carbonyl (C=O) groups is 2. The first-order valence-electron chi connectivity index (χ1n) is 9.54. The summed E-state index contributed by atoms with van der Waals surface area (Å²) >= 11 is 0. The van der Waals surface area contributed by atoms with E-state index in [4.69, 9.17) is 4.74 Å². The fourth-order valence-corrected chi connectivity index (χ4v) is 4.23. The van der Waals surface area contributed by atoms with E-state index in [2.05, 4.69) is 16.4 Å². The highest BCUT2D eigenvalue weighted by Crippen LogP contribution is 2.44. The van der Waals surface area contributed by atoms with Gasteiger partial charge in [-0.05, 0) is 35.9 Å². The Kier molecular flexibility index (Phi) is 3.67. The Hall–Kier alpha value is -3.43. The number of nitrogens with zero attached hydrogens (tertiary/aromatic N) is 1. The van der Waals surface area contributed by atoms with E-state index >= 15 is 0 Å². The molecule has 1 aromatic heterocycles. The molecule has 5 rings (SSSR count). The Morgan fingerprint density at radius 2 is 2.03 bits per heavy atom. The number of H-pyrrole nitrogens is 1. The topological polar surface area (TPSA) is 95.0 Å². The third-order valence-electron chi connectivity index (χ3n) is 5.95. The summed E-state index contributed by atoms with van der Waals surface area (Å²) in [7, 11) is 0. The van der Waals surface area contributed by atoms with Crippen molar-refractivity contribution < 1.29 is 14.3 Å². The summed E-state index contributed by atoms with van der Waals surface area (Å²) in [4.78, 5) is 29.3. The Morgan fingerprint density at radius 1 is 1.24 bits per heavy atom. The number of ether oxygens (including phenoxy) is 1. The molecule has 0 spiro atoms. The third-order valence-corrected chi connectivity index (χ3v) is 5.95. The van der Waals surface area contributed by atoms with Crippen LogP contribution in [0.4, 0.5) is 0 Å². The maximum atomic E-state index is 13.3. The minimum atomic E-state index is -0.500. The fourth-order valence-electron chi connectivity index (χ4n) is 4.23. The van der Waals surface area contributed by atoms with Crippen molar-refractivity contribution in [2.24, 2.45) is 0 Å². The van der Waals surface area contributed by atoms with Gasteiger partial charge in [-0.3, -0.25) is 9.59 Å². The Bertz CT molecular complexity index is 1240. The van der Waals surface area contributed by atoms with Crippen molar-refractivity contribution in [3.05, 3.63) is 69.9 Å². The molecule has 2 N–H and O–H groups in total. The number of hydrogen-bond donors (Lipinski definition) is 2. The normalized spacial score (nSPS) is 17.2. The number of nitriles is 1. The molecule has 6 nitrogen and oxygen atoms in total. The van der Waals surface area contributed by atoms with Crippen LogP contribution in [0.1, 0.15) is 56.9 Å². The van der Waals surface area contributed by atoms with Gasteiger partial charge in [0.1, 0.15) is 0 Å². The molecule has 2 aromatic carbocycles. The zero-order valence-corrected chi connectivity index (χ0v) is 16.1. The first kappa shape index (κ1) is 17.7. The molecule has 0 atom stereocenters. The predicted octanol–water partition coefficient (Wildman–Crippen LogP) is 3.04. The van der Waals surface area contributed by atoms with Crippen LogP contribution in [-0.2, 0) is 10.2 Å². The number of rotatable bonds is 2. The molecule has 1 aliphatic heterocycles. The van der Waals surface area contributed by atoms with Gasteiger partial charge in [-0.25, -0.2) is 0 Å². The van der Waals surface area contributed by atoms with Crippen LogP contribution in [0.25, 0.3) is 10.9 Å². The number of aromatic amines is 1. The molecule has 1 amide bonds. The van der Waals surface area contributed by atoms with Crippen molar-refractivity contribution in [1.29, 1.82) is 5.26 Å². The minimum Gasteiger partial charge on any atom is -0.377 e. The first-order valence-corrected chi connectivity index (χ1v) is 9.54. The maximum Gasteiger partial charge on any atom is 0.251 e. The van der Waals surface area contributed by atoms with Crippen LogP contribution in [0.5, 0.6) is 0 Å². The van der Waals surface area contributed by atoms with Gasteiger partial charge in [0.25, 0.3) is 5.91 Å². The molecular weight excluding hydrogens is 366 g/mol. The molecule has 0 saturated carbocycles. The van der Waals surface area contributed by atoms with Crippen LogP contribution < -0.4 is 5.32 Å². The number of ketones is 1. The van der Waals surface area contributed by atoms with Gasteiger partial charge in [-0.1, -0.05) is 19.9 Å². The van der Waals surface area contributed by atoms with Gasteiger partial charge in [0, 0.05) is 33.1 Å². The summed E-state index contributed by atoms with van der Waals surface area (Å²) in [6.07, 6.45) is 0. The van der Waals surface area contributed by atoms with E-state index in [-0.39, 0.29) is 17.7 Å². The molecule has 1 saturated heterocycles. The van der Waals surface area contributed by atoms with Gasteiger partial charge in [0.05, 0.1) is 36.5 Å². The van der Waals surface area contributed by atoms with Crippen molar-refractivity contribution in [2.45, 2.75) is 25.3 Å². The van der Waals surface area contributed by atoms with Crippen molar-refractivity contribution >= 4 is 22.6 Å². The molecule has 144 valence electrons. The molecule has 1 fully saturated rings. The monoisotopic (exact) mass is 385 g/mol. The zero-order chi connectivity index (χ0) is 20.3. The predicted molar refractivity (Wildman–Crippen MR) is 107 cm³/mol. The number of benzene rings is 2. The highest BCUT2D eigenvalue weighted by Gasteiger charge is 2.40. The molecule has 2 aliphatic rings. The quantitative estimate of drug-likeness (QED) is 0.709. The van der Waals surface area contributed by atoms with Crippen molar-refractivity contribution in [1.82, 2.24) is 10.3 Å². The molecule has 2 heterocycles. The Balaban J connectivity index is 1.63. The van der Waals surface area contributed by atoms with E-state index in [1.807, 2.05) is 26.0 Å². The maximum absolute atomic E-state index is 13.3. The van der Waals surface area contributed by atoms with E-state index in [9.17, 15) is 14.9 Å². The average molecular weight is 385 g/mol. The van der Waals surface area contributed by atoms with Crippen LogP contribution in [0.3, 0.4) is 0 Å².